The van der Waals surface area contributed by atoms with E-state index in [1.165, 1.54) is 25.7 Å². The standard InChI is InChI=1S/C23H26BrClN2S/c1-3-5-6-7-20(4-2)27(21-14-12-19(25)13-15-21)23-26-22(16-28-23)17-8-10-18(24)11-9-17/h8-16,20H,3-7H2,1-2H3. The molecule has 0 saturated carbocycles. The van der Waals surface area contributed by atoms with Crippen LogP contribution in [0.4, 0.5) is 10.8 Å². The molecule has 0 spiro atoms. The number of hydrogen-bond donors (Lipinski definition) is 0. The largest absolute Gasteiger partial charge is 0.315 e. The first-order valence-corrected chi connectivity index (χ1v) is 11.9. The van der Waals surface area contributed by atoms with Gasteiger partial charge in [0.2, 0.25) is 0 Å². The lowest BCUT2D eigenvalue weighted by Gasteiger charge is -2.31. The molecule has 28 heavy (non-hydrogen) atoms. The molecule has 0 bridgehead atoms. The minimum atomic E-state index is 0.427. The quantitative estimate of drug-likeness (QED) is 0.286. The van der Waals surface area contributed by atoms with Crippen LogP contribution in [0.15, 0.2) is 58.4 Å². The van der Waals surface area contributed by atoms with Gasteiger partial charge in [0.1, 0.15) is 0 Å². The molecular weight excluding hydrogens is 452 g/mol. The number of anilines is 2. The highest BCUT2D eigenvalue weighted by atomic mass is 79.9. The van der Waals surface area contributed by atoms with Crippen molar-refractivity contribution in [3.63, 3.8) is 0 Å². The van der Waals surface area contributed by atoms with Gasteiger partial charge in [0, 0.05) is 32.2 Å². The second kappa shape index (κ2) is 10.4. The number of halogens is 2. The van der Waals surface area contributed by atoms with Gasteiger partial charge in [0.15, 0.2) is 5.13 Å². The summed E-state index contributed by atoms with van der Waals surface area (Å²) in [5.74, 6) is 0. The zero-order chi connectivity index (χ0) is 19.9. The van der Waals surface area contributed by atoms with Crippen molar-refractivity contribution in [2.45, 2.75) is 52.0 Å². The lowest BCUT2D eigenvalue weighted by molar-refractivity contribution is 0.537. The molecule has 0 fully saturated rings. The Labute approximate surface area is 185 Å². The predicted molar refractivity (Wildman–Crippen MR) is 127 cm³/mol. The van der Waals surface area contributed by atoms with Gasteiger partial charge in [-0.25, -0.2) is 4.98 Å². The first-order valence-electron chi connectivity index (χ1n) is 9.88. The monoisotopic (exact) mass is 476 g/mol. The molecule has 0 radical (unpaired) electrons. The normalized spacial score (nSPS) is 12.1. The van der Waals surface area contributed by atoms with Crippen molar-refractivity contribution in [2.24, 2.45) is 0 Å². The van der Waals surface area contributed by atoms with Crippen LogP contribution in [0.1, 0.15) is 46.0 Å². The average Bonchev–Trinajstić information content (AvgIpc) is 3.18. The van der Waals surface area contributed by atoms with Gasteiger partial charge in [-0.05, 0) is 49.2 Å². The fraction of sp³-hybridized carbons (Fsp3) is 0.348. The molecule has 0 N–H and O–H groups in total. The van der Waals surface area contributed by atoms with E-state index in [9.17, 15) is 0 Å². The highest BCUT2D eigenvalue weighted by molar-refractivity contribution is 9.10. The van der Waals surface area contributed by atoms with Crippen molar-refractivity contribution in [1.29, 1.82) is 0 Å². The van der Waals surface area contributed by atoms with Crippen LogP contribution in [0.5, 0.6) is 0 Å². The van der Waals surface area contributed by atoms with E-state index in [1.54, 1.807) is 11.3 Å². The van der Waals surface area contributed by atoms with Crippen LogP contribution in [0, 0.1) is 0 Å². The van der Waals surface area contributed by atoms with Gasteiger partial charge < -0.3 is 4.90 Å². The van der Waals surface area contributed by atoms with Gasteiger partial charge in [0.25, 0.3) is 0 Å². The Morgan fingerprint density at radius 1 is 1.04 bits per heavy atom. The topological polar surface area (TPSA) is 16.1 Å². The lowest BCUT2D eigenvalue weighted by atomic mass is 10.0. The highest BCUT2D eigenvalue weighted by Gasteiger charge is 2.22. The summed E-state index contributed by atoms with van der Waals surface area (Å²) in [6.45, 7) is 4.52. The predicted octanol–water partition coefficient (Wildman–Crippen LogP) is 8.72. The maximum Gasteiger partial charge on any atom is 0.190 e. The third kappa shape index (κ3) is 5.37. The molecule has 0 amide bonds. The second-order valence-corrected chi connectivity index (χ2v) is 9.12. The Bertz CT molecular complexity index is 861. The van der Waals surface area contributed by atoms with E-state index in [0.717, 1.165) is 38.0 Å². The molecule has 2 nitrogen and oxygen atoms in total. The fourth-order valence-electron chi connectivity index (χ4n) is 3.35. The summed E-state index contributed by atoms with van der Waals surface area (Å²) >= 11 is 11.4. The molecule has 0 saturated heterocycles. The Morgan fingerprint density at radius 2 is 1.75 bits per heavy atom. The van der Waals surface area contributed by atoms with Crippen LogP contribution in [0.25, 0.3) is 11.3 Å². The molecular formula is C23H26BrClN2S. The molecule has 0 aliphatic carbocycles. The van der Waals surface area contributed by atoms with E-state index < -0.39 is 0 Å². The number of benzene rings is 2. The van der Waals surface area contributed by atoms with Crippen molar-refractivity contribution in [3.8, 4) is 11.3 Å². The summed E-state index contributed by atoms with van der Waals surface area (Å²) < 4.78 is 1.08. The Balaban J connectivity index is 1.94. The van der Waals surface area contributed by atoms with Gasteiger partial charge in [-0.3, -0.25) is 0 Å². The highest BCUT2D eigenvalue weighted by Crippen LogP contribution is 2.36. The number of thiazole rings is 1. The minimum Gasteiger partial charge on any atom is -0.315 e. The number of aromatic nitrogens is 1. The molecule has 5 heteroatoms. The van der Waals surface area contributed by atoms with Crippen molar-refractivity contribution in [2.75, 3.05) is 4.90 Å². The van der Waals surface area contributed by atoms with Crippen molar-refractivity contribution in [1.82, 2.24) is 4.98 Å². The Kier molecular flexibility index (Phi) is 7.95. The first-order chi connectivity index (χ1) is 13.6. The Morgan fingerprint density at radius 3 is 2.39 bits per heavy atom. The molecule has 0 aliphatic rings. The SMILES string of the molecule is CCCCCC(CC)N(c1ccc(Cl)cc1)c1nc(-c2ccc(Br)cc2)cs1. The third-order valence-electron chi connectivity index (χ3n) is 4.92. The van der Waals surface area contributed by atoms with Crippen molar-refractivity contribution < 1.29 is 0 Å². The second-order valence-electron chi connectivity index (χ2n) is 6.93. The maximum atomic E-state index is 6.14. The van der Waals surface area contributed by atoms with Gasteiger partial charge in [-0.15, -0.1) is 11.3 Å². The van der Waals surface area contributed by atoms with Gasteiger partial charge in [-0.1, -0.05) is 72.8 Å². The van der Waals surface area contributed by atoms with E-state index in [1.807, 2.05) is 12.1 Å². The fourth-order valence-corrected chi connectivity index (χ4v) is 4.67. The van der Waals surface area contributed by atoms with Crippen LogP contribution in [0.3, 0.4) is 0 Å². The summed E-state index contributed by atoms with van der Waals surface area (Å²) in [6.07, 6.45) is 6.00. The number of unbranched alkanes of at least 4 members (excludes halogenated alkanes) is 2. The molecule has 148 valence electrons. The summed E-state index contributed by atoms with van der Waals surface area (Å²) in [5, 5.41) is 3.96. The number of rotatable bonds is 9. The third-order valence-corrected chi connectivity index (χ3v) is 6.54. The maximum absolute atomic E-state index is 6.14. The van der Waals surface area contributed by atoms with E-state index in [2.05, 4.69) is 76.5 Å². The Hall–Kier alpha value is -1.36. The van der Waals surface area contributed by atoms with Crippen LogP contribution in [-0.2, 0) is 0 Å². The molecule has 3 rings (SSSR count). The first kappa shape index (κ1) is 21.4. The summed E-state index contributed by atoms with van der Waals surface area (Å²) in [4.78, 5) is 7.40. The summed E-state index contributed by atoms with van der Waals surface area (Å²) in [7, 11) is 0. The zero-order valence-electron chi connectivity index (χ0n) is 16.4. The van der Waals surface area contributed by atoms with E-state index >= 15 is 0 Å². The van der Waals surface area contributed by atoms with E-state index in [0.29, 0.717) is 6.04 Å². The van der Waals surface area contributed by atoms with Gasteiger partial charge in [0.05, 0.1) is 5.69 Å². The molecule has 1 unspecified atom stereocenters. The molecule has 3 aromatic rings. The zero-order valence-corrected chi connectivity index (χ0v) is 19.5. The van der Waals surface area contributed by atoms with Crippen molar-refractivity contribution in [3.05, 3.63) is 63.4 Å². The summed E-state index contributed by atoms with van der Waals surface area (Å²) in [5.41, 5.74) is 3.32. The van der Waals surface area contributed by atoms with E-state index in [-0.39, 0.29) is 0 Å². The molecule has 0 aliphatic heterocycles. The van der Waals surface area contributed by atoms with Gasteiger partial charge >= 0.3 is 0 Å². The lowest BCUT2D eigenvalue weighted by Crippen LogP contribution is -2.30. The smallest absolute Gasteiger partial charge is 0.190 e. The molecule has 1 atom stereocenters. The van der Waals surface area contributed by atoms with Crippen molar-refractivity contribution >= 4 is 49.7 Å². The van der Waals surface area contributed by atoms with Crippen LogP contribution in [-0.4, -0.2) is 11.0 Å². The number of hydrogen-bond acceptors (Lipinski definition) is 3. The van der Waals surface area contributed by atoms with Crippen LogP contribution in [0.2, 0.25) is 5.02 Å². The molecule has 1 aromatic heterocycles. The van der Waals surface area contributed by atoms with Crippen LogP contribution < -0.4 is 4.90 Å². The summed E-state index contributed by atoms with van der Waals surface area (Å²) in [6, 6.07) is 16.9. The molecule has 1 heterocycles. The van der Waals surface area contributed by atoms with Crippen LogP contribution >= 0.6 is 38.9 Å². The van der Waals surface area contributed by atoms with Gasteiger partial charge in [-0.2, -0.15) is 0 Å². The van der Waals surface area contributed by atoms with E-state index in [4.69, 9.17) is 16.6 Å². The molecule has 2 aromatic carbocycles. The number of nitrogens with zero attached hydrogens (tertiary/aromatic N) is 2. The minimum absolute atomic E-state index is 0.427. The average molecular weight is 478 g/mol.